The standard InChI is InChI=1S/C12H20F2N2O3S2/c1-9(2)12-16-10(8-20-12)3-4-15-21(17,18)6-5-19-7-11(13)14/h8-9,11,15H,3-7H2,1-2H3. The molecular formula is C12H20F2N2O3S2. The number of nitrogens with one attached hydrogen (secondary N) is 1. The number of ether oxygens (including phenoxy) is 1. The minimum atomic E-state index is -3.50. The molecule has 5 nitrogen and oxygen atoms in total. The Morgan fingerprint density at radius 3 is 2.71 bits per heavy atom. The minimum Gasteiger partial charge on any atom is -0.374 e. The summed E-state index contributed by atoms with van der Waals surface area (Å²) in [7, 11) is -3.50. The topological polar surface area (TPSA) is 68.3 Å². The minimum absolute atomic E-state index is 0.235. The lowest BCUT2D eigenvalue weighted by Gasteiger charge is -2.06. The molecule has 0 saturated heterocycles. The van der Waals surface area contributed by atoms with Gasteiger partial charge in [0, 0.05) is 24.3 Å². The third-order valence-electron chi connectivity index (χ3n) is 2.51. The number of nitrogens with zero attached hydrogens (tertiary/aromatic N) is 1. The van der Waals surface area contributed by atoms with E-state index in [1.807, 2.05) is 19.2 Å². The first-order valence-electron chi connectivity index (χ1n) is 6.57. The van der Waals surface area contributed by atoms with Gasteiger partial charge in [-0.1, -0.05) is 13.8 Å². The van der Waals surface area contributed by atoms with Gasteiger partial charge in [0.2, 0.25) is 10.0 Å². The zero-order valence-corrected chi connectivity index (χ0v) is 13.6. The fraction of sp³-hybridized carbons (Fsp3) is 0.750. The first-order valence-corrected chi connectivity index (χ1v) is 9.11. The molecule has 1 N–H and O–H groups in total. The molecule has 1 rings (SSSR count). The zero-order valence-electron chi connectivity index (χ0n) is 12.0. The number of sulfonamides is 1. The van der Waals surface area contributed by atoms with E-state index in [1.165, 1.54) is 0 Å². The highest BCUT2D eigenvalue weighted by Gasteiger charge is 2.12. The van der Waals surface area contributed by atoms with Gasteiger partial charge in [-0.3, -0.25) is 0 Å². The fourth-order valence-corrected chi connectivity index (χ4v) is 3.21. The summed E-state index contributed by atoms with van der Waals surface area (Å²) in [5, 5.41) is 2.93. The smallest absolute Gasteiger partial charge is 0.261 e. The molecule has 9 heteroatoms. The molecule has 0 radical (unpaired) electrons. The summed E-state index contributed by atoms with van der Waals surface area (Å²) >= 11 is 1.56. The van der Waals surface area contributed by atoms with Gasteiger partial charge in [0.05, 0.1) is 23.1 Å². The maximum absolute atomic E-state index is 11.8. The van der Waals surface area contributed by atoms with Crippen LogP contribution in [0.25, 0.3) is 0 Å². The summed E-state index contributed by atoms with van der Waals surface area (Å²) in [6.45, 7) is 3.34. The Hall–Kier alpha value is -0.640. The molecule has 1 aromatic rings. The number of halogens is 2. The van der Waals surface area contributed by atoms with Crippen molar-refractivity contribution in [1.82, 2.24) is 9.71 Å². The molecule has 0 fully saturated rings. The normalized spacial score (nSPS) is 12.5. The lowest BCUT2D eigenvalue weighted by Crippen LogP contribution is -2.30. The number of hydrogen-bond acceptors (Lipinski definition) is 5. The highest BCUT2D eigenvalue weighted by molar-refractivity contribution is 7.89. The van der Waals surface area contributed by atoms with Crippen molar-refractivity contribution >= 4 is 21.4 Å². The average molecular weight is 342 g/mol. The van der Waals surface area contributed by atoms with Crippen LogP contribution < -0.4 is 4.72 Å². The summed E-state index contributed by atoms with van der Waals surface area (Å²) in [6, 6.07) is 0. The van der Waals surface area contributed by atoms with Crippen LogP contribution in [0.5, 0.6) is 0 Å². The van der Waals surface area contributed by atoms with Crippen molar-refractivity contribution in [2.45, 2.75) is 32.6 Å². The van der Waals surface area contributed by atoms with Crippen molar-refractivity contribution in [2.24, 2.45) is 0 Å². The average Bonchev–Trinajstić information content (AvgIpc) is 2.83. The molecule has 0 spiro atoms. The highest BCUT2D eigenvalue weighted by atomic mass is 32.2. The third kappa shape index (κ3) is 7.79. The van der Waals surface area contributed by atoms with E-state index >= 15 is 0 Å². The van der Waals surface area contributed by atoms with Crippen molar-refractivity contribution in [3.63, 3.8) is 0 Å². The predicted octanol–water partition coefficient (Wildman–Crippen LogP) is 2.01. The lowest BCUT2D eigenvalue weighted by atomic mass is 10.2. The SMILES string of the molecule is CC(C)c1nc(CCNS(=O)(=O)CCOCC(F)F)cs1. The molecule has 0 aliphatic carbocycles. The van der Waals surface area contributed by atoms with Crippen LogP contribution in [-0.4, -0.2) is 45.3 Å². The van der Waals surface area contributed by atoms with Crippen LogP contribution >= 0.6 is 11.3 Å². The molecule has 0 saturated carbocycles. The molecule has 0 aromatic carbocycles. The Morgan fingerprint density at radius 2 is 2.14 bits per heavy atom. The van der Waals surface area contributed by atoms with Crippen LogP contribution in [0.1, 0.15) is 30.5 Å². The van der Waals surface area contributed by atoms with Crippen LogP contribution in [0, 0.1) is 0 Å². The van der Waals surface area contributed by atoms with Crippen molar-refractivity contribution in [3.05, 3.63) is 16.1 Å². The zero-order chi connectivity index (χ0) is 15.9. The van der Waals surface area contributed by atoms with Gasteiger partial charge in [-0.15, -0.1) is 11.3 Å². The Balaban J connectivity index is 2.26. The van der Waals surface area contributed by atoms with Crippen molar-refractivity contribution < 1.29 is 21.9 Å². The lowest BCUT2D eigenvalue weighted by molar-refractivity contribution is 0.0233. The maximum atomic E-state index is 11.8. The van der Waals surface area contributed by atoms with Crippen molar-refractivity contribution in [2.75, 3.05) is 25.5 Å². The van der Waals surface area contributed by atoms with Crippen LogP contribution in [-0.2, 0) is 21.2 Å². The molecular weight excluding hydrogens is 322 g/mol. The molecule has 0 atom stereocenters. The van der Waals surface area contributed by atoms with Gasteiger partial charge in [-0.2, -0.15) is 0 Å². The second kappa shape index (κ2) is 8.72. The predicted molar refractivity (Wildman–Crippen MR) is 78.5 cm³/mol. The van der Waals surface area contributed by atoms with Gasteiger partial charge in [0.1, 0.15) is 6.61 Å². The molecule has 1 aromatic heterocycles. The van der Waals surface area contributed by atoms with Crippen LogP contribution in [0.4, 0.5) is 8.78 Å². The molecule has 1 heterocycles. The van der Waals surface area contributed by atoms with E-state index in [2.05, 4.69) is 14.4 Å². The van der Waals surface area contributed by atoms with Crippen LogP contribution in [0.3, 0.4) is 0 Å². The van der Waals surface area contributed by atoms with E-state index in [-0.39, 0.29) is 18.9 Å². The first-order chi connectivity index (χ1) is 9.80. The second-order valence-corrected chi connectivity index (χ2v) is 7.58. The summed E-state index contributed by atoms with van der Waals surface area (Å²) in [4.78, 5) is 4.40. The second-order valence-electron chi connectivity index (χ2n) is 4.76. The summed E-state index contributed by atoms with van der Waals surface area (Å²) in [6.07, 6.45) is -2.08. The third-order valence-corrected chi connectivity index (χ3v) is 5.05. The Kier molecular flexibility index (Phi) is 7.64. The van der Waals surface area contributed by atoms with Gasteiger partial charge >= 0.3 is 0 Å². The van der Waals surface area contributed by atoms with E-state index in [0.29, 0.717) is 12.3 Å². The monoisotopic (exact) mass is 342 g/mol. The first kappa shape index (κ1) is 18.4. The molecule has 0 aliphatic rings. The van der Waals surface area contributed by atoms with Gasteiger partial charge in [0.25, 0.3) is 6.43 Å². The van der Waals surface area contributed by atoms with Gasteiger partial charge in [-0.05, 0) is 0 Å². The van der Waals surface area contributed by atoms with Gasteiger partial charge < -0.3 is 4.74 Å². The molecule has 0 amide bonds. The Morgan fingerprint density at radius 1 is 1.43 bits per heavy atom. The number of hydrogen-bond donors (Lipinski definition) is 1. The van der Waals surface area contributed by atoms with Crippen molar-refractivity contribution in [3.8, 4) is 0 Å². The number of aromatic nitrogens is 1. The number of alkyl halides is 2. The van der Waals surface area contributed by atoms with E-state index < -0.39 is 23.1 Å². The van der Waals surface area contributed by atoms with E-state index in [4.69, 9.17) is 0 Å². The number of thiazole rings is 1. The summed E-state index contributed by atoms with van der Waals surface area (Å²) in [5.74, 6) is 0.0287. The van der Waals surface area contributed by atoms with Gasteiger partial charge in [-0.25, -0.2) is 26.9 Å². The molecule has 0 aliphatic heterocycles. The van der Waals surface area contributed by atoms with Crippen LogP contribution in [0.15, 0.2) is 5.38 Å². The molecule has 21 heavy (non-hydrogen) atoms. The summed E-state index contributed by atoms with van der Waals surface area (Å²) in [5.41, 5.74) is 0.848. The largest absolute Gasteiger partial charge is 0.374 e. The molecule has 122 valence electrons. The maximum Gasteiger partial charge on any atom is 0.261 e. The van der Waals surface area contributed by atoms with Gasteiger partial charge in [0.15, 0.2) is 0 Å². The number of rotatable bonds is 10. The Bertz CT molecular complexity index is 518. The molecule has 0 unspecified atom stereocenters. The van der Waals surface area contributed by atoms with E-state index in [1.54, 1.807) is 11.3 Å². The fourth-order valence-electron chi connectivity index (χ4n) is 1.45. The van der Waals surface area contributed by atoms with E-state index in [0.717, 1.165) is 10.7 Å². The highest BCUT2D eigenvalue weighted by Crippen LogP contribution is 2.19. The molecule has 0 bridgehead atoms. The summed E-state index contributed by atoms with van der Waals surface area (Å²) < 4.78 is 53.7. The Labute approximate surface area is 127 Å². The van der Waals surface area contributed by atoms with E-state index in [9.17, 15) is 17.2 Å². The van der Waals surface area contributed by atoms with Crippen LogP contribution in [0.2, 0.25) is 0 Å². The quantitative estimate of drug-likeness (QED) is 0.661. The van der Waals surface area contributed by atoms with Crippen molar-refractivity contribution in [1.29, 1.82) is 0 Å².